The Morgan fingerprint density at radius 2 is 2.08 bits per heavy atom. The number of anilines is 1. The third-order valence-corrected chi connectivity index (χ3v) is 5.07. The first-order valence-electron chi connectivity index (χ1n) is 8.01. The SMILES string of the molecule is COc1ccc(OC)c(NC(=O)[C@H]2CCCN2C(=O)c2cccs2)c1. The molecule has 3 rings (SSSR count). The van der Waals surface area contributed by atoms with Crippen LogP contribution in [-0.4, -0.2) is 43.5 Å². The molecule has 0 unspecified atom stereocenters. The lowest BCUT2D eigenvalue weighted by Crippen LogP contribution is -2.43. The average Bonchev–Trinajstić information content (AvgIpc) is 3.32. The summed E-state index contributed by atoms with van der Waals surface area (Å²) in [4.78, 5) is 27.7. The molecule has 0 aliphatic carbocycles. The smallest absolute Gasteiger partial charge is 0.264 e. The maximum Gasteiger partial charge on any atom is 0.264 e. The molecule has 2 amide bonds. The lowest BCUT2D eigenvalue weighted by molar-refractivity contribution is -0.119. The van der Waals surface area contributed by atoms with E-state index in [-0.39, 0.29) is 11.8 Å². The quantitative estimate of drug-likeness (QED) is 0.890. The van der Waals surface area contributed by atoms with Gasteiger partial charge in [0.05, 0.1) is 24.8 Å². The number of ether oxygens (including phenoxy) is 2. The number of benzene rings is 1. The van der Waals surface area contributed by atoms with Crippen LogP contribution in [0, 0.1) is 0 Å². The lowest BCUT2D eigenvalue weighted by Gasteiger charge is -2.24. The molecule has 1 aliphatic heterocycles. The first-order valence-corrected chi connectivity index (χ1v) is 8.89. The molecule has 0 bridgehead atoms. The van der Waals surface area contributed by atoms with Gasteiger partial charge >= 0.3 is 0 Å². The second-order valence-corrected chi connectivity index (χ2v) is 6.64. The van der Waals surface area contributed by atoms with Crippen LogP contribution in [0.15, 0.2) is 35.7 Å². The highest BCUT2D eigenvalue weighted by molar-refractivity contribution is 7.12. The van der Waals surface area contributed by atoms with Crippen LogP contribution in [0.3, 0.4) is 0 Å². The molecule has 0 radical (unpaired) electrons. The van der Waals surface area contributed by atoms with Gasteiger partial charge in [0, 0.05) is 12.6 Å². The van der Waals surface area contributed by atoms with Gasteiger partial charge in [-0.2, -0.15) is 0 Å². The van der Waals surface area contributed by atoms with Crippen molar-refractivity contribution in [1.82, 2.24) is 4.90 Å². The third kappa shape index (κ3) is 3.61. The Hall–Kier alpha value is -2.54. The van der Waals surface area contributed by atoms with Crippen LogP contribution in [0.2, 0.25) is 0 Å². The first kappa shape index (κ1) is 17.3. The van der Waals surface area contributed by atoms with Crippen LogP contribution in [-0.2, 0) is 4.79 Å². The standard InChI is InChI=1S/C18H20N2O4S/c1-23-12-7-8-15(24-2)13(11-12)19-17(21)14-5-3-9-20(14)18(22)16-6-4-10-25-16/h4,6-8,10-11,14H,3,5,9H2,1-2H3,(H,19,21)/t14-/m1/s1. The number of nitrogens with one attached hydrogen (secondary N) is 1. The van der Waals surface area contributed by atoms with Crippen LogP contribution < -0.4 is 14.8 Å². The van der Waals surface area contributed by atoms with Gasteiger partial charge in [-0.05, 0) is 36.4 Å². The fourth-order valence-corrected chi connectivity index (χ4v) is 3.63. The van der Waals surface area contributed by atoms with Gasteiger partial charge in [-0.1, -0.05) is 6.07 Å². The molecule has 132 valence electrons. The summed E-state index contributed by atoms with van der Waals surface area (Å²) < 4.78 is 10.5. The van der Waals surface area contributed by atoms with E-state index in [0.29, 0.717) is 35.0 Å². The molecule has 1 aromatic carbocycles. The van der Waals surface area contributed by atoms with Gasteiger partial charge < -0.3 is 19.7 Å². The molecule has 0 saturated carbocycles. The van der Waals surface area contributed by atoms with Crippen LogP contribution in [0.5, 0.6) is 11.5 Å². The molecule has 1 aromatic heterocycles. The molecule has 6 nitrogen and oxygen atoms in total. The van der Waals surface area contributed by atoms with E-state index in [1.165, 1.54) is 11.3 Å². The van der Waals surface area contributed by atoms with E-state index in [1.54, 1.807) is 43.4 Å². The highest BCUT2D eigenvalue weighted by atomic mass is 32.1. The Morgan fingerprint density at radius 1 is 1.24 bits per heavy atom. The van der Waals surface area contributed by atoms with Crippen LogP contribution >= 0.6 is 11.3 Å². The molecule has 7 heteroatoms. The lowest BCUT2D eigenvalue weighted by atomic mass is 10.2. The van der Waals surface area contributed by atoms with Gasteiger partial charge in [0.25, 0.3) is 5.91 Å². The number of amides is 2. The molecule has 1 saturated heterocycles. The Morgan fingerprint density at radius 3 is 2.76 bits per heavy atom. The number of carbonyl (C=O) groups excluding carboxylic acids is 2. The molecule has 0 spiro atoms. The summed E-state index contributed by atoms with van der Waals surface area (Å²) in [5.74, 6) is 0.858. The molecule has 1 N–H and O–H groups in total. The van der Waals surface area contributed by atoms with Crippen molar-refractivity contribution < 1.29 is 19.1 Å². The highest BCUT2D eigenvalue weighted by Gasteiger charge is 2.35. The van der Waals surface area contributed by atoms with E-state index in [9.17, 15) is 9.59 Å². The summed E-state index contributed by atoms with van der Waals surface area (Å²) >= 11 is 1.39. The minimum absolute atomic E-state index is 0.0924. The average molecular weight is 360 g/mol. The fourth-order valence-electron chi connectivity index (χ4n) is 2.95. The van der Waals surface area contributed by atoms with Crippen molar-refractivity contribution in [1.29, 1.82) is 0 Å². The van der Waals surface area contributed by atoms with Crippen molar-refractivity contribution >= 4 is 28.8 Å². The number of hydrogen-bond donors (Lipinski definition) is 1. The van der Waals surface area contributed by atoms with Crippen molar-refractivity contribution in [3.05, 3.63) is 40.6 Å². The molecular formula is C18H20N2O4S. The van der Waals surface area contributed by atoms with Gasteiger partial charge in [0.15, 0.2) is 0 Å². The summed E-state index contributed by atoms with van der Waals surface area (Å²) in [6, 6.07) is 8.34. The van der Waals surface area contributed by atoms with E-state index < -0.39 is 6.04 Å². The number of thiophene rings is 1. The molecule has 2 aromatic rings. The van der Waals surface area contributed by atoms with E-state index in [2.05, 4.69) is 5.32 Å². The summed E-state index contributed by atoms with van der Waals surface area (Å²) in [6.07, 6.45) is 1.46. The molecule has 1 atom stereocenters. The minimum atomic E-state index is -0.481. The number of hydrogen-bond acceptors (Lipinski definition) is 5. The molecular weight excluding hydrogens is 340 g/mol. The van der Waals surface area contributed by atoms with Crippen LogP contribution in [0.4, 0.5) is 5.69 Å². The van der Waals surface area contributed by atoms with Crippen molar-refractivity contribution in [2.75, 3.05) is 26.1 Å². The zero-order valence-corrected chi connectivity index (χ0v) is 15.0. The zero-order chi connectivity index (χ0) is 17.8. The predicted molar refractivity (Wildman–Crippen MR) is 96.6 cm³/mol. The monoisotopic (exact) mass is 360 g/mol. The van der Waals surface area contributed by atoms with Gasteiger partial charge in [-0.15, -0.1) is 11.3 Å². The second-order valence-electron chi connectivity index (χ2n) is 5.69. The van der Waals surface area contributed by atoms with Crippen molar-refractivity contribution in [3.8, 4) is 11.5 Å². The molecule has 1 fully saturated rings. The number of nitrogens with zero attached hydrogens (tertiary/aromatic N) is 1. The summed E-state index contributed by atoms with van der Waals surface area (Å²) in [6.45, 7) is 0.587. The molecule has 25 heavy (non-hydrogen) atoms. The van der Waals surface area contributed by atoms with E-state index in [1.807, 2.05) is 11.4 Å². The molecule has 2 heterocycles. The van der Waals surface area contributed by atoms with E-state index >= 15 is 0 Å². The molecule has 1 aliphatic rings. The van der Waals surface area contributed by atoms with Crippen molar-refractivity contribution in [2.45, 2.75) is 18.9 Å². The van der Waals surface area contributed by atoms with Gasteiger partial charge in [-0.25, -0.2) is 0 Å². The maximum absolute atomic E-state index is 12.8. The normalized spacial score (nSPS) is 16.6. The fraction of sp³-hybridized carbons (Fsp3) is 0.333. The number of likely N-dealkylation sites (tertiary alicyclic amines) is 1. The Labute approximate surface area is 150 Å². The predicted octanol–water partition coefficient (Wildman–Crippen LogP) is 3.01. The summed E-state index contributed by atoms with van der Waals surface area (Å²) in [5.41, 5.74) is 0.530. The Bertz CT molecular complexity index is 760. The van der Waals surface area contributed by atoms with Gasteiger partial charge in [-0.3, -0.25) is 9.59 Å². The van der Waals surface area contributed by atoms with Crippen LogP contribution in [0.25, 0.3) is 0 Å². The van der Waals surface area contributed by atoms with Crippen LogP contribution in [0.1, 0.15) is 22.5 Å². The maximum atomic E-state index is 12.8. The Balaban J connectivity index is 1.77. The number of rotatable bonds is 5. The van der Waals surface area contributed by atoms with E-state index in [4.69, 9.17) is 9.47 Å². The number of methoxy groups -OCH3 is 2. The number of carbonyl (C=O) groups is 2. The van der Waals surface area contributed by atoms with Crippen molar-refractivity contribution in [3.63, 3.8) is 0 Å². The highest BCUT2D eigenvalue weighted by Crippen LogP contribution is 2.30. The van der Waals surface area contributed by atoms with Crippen molar-refractivity contribution in [2.24, 2.45) is 0 Å². The third-order valence-electron chi connectivity index (χ3n) is 4.21. The van der Waals surface area contributed by atoms with Gasteiger partial charge in [0.2, 0.25) is 5.91 Å². The zero-order valence-electron chi connectivity index (χ0n) is 14.2. The van der Waals surface area contributed by atoms with Gasteiger partial charge in [0.1, 0.15) is 17.5 Å². The Kier molecular flexibility index (Phi) is 5.23. The van der Waals surface area contributed by atoms with E-state index in [0.717, 1.165) is 6.42 Å². The first-order chi connectivity index (χ1) is 12.1. The summed E-state index contributed by atoms with van der Waals surface area (Å²) in [7, 11) is 3.10. The summed E-state index contributed by atoms with van der Waals surface area (Å²) in [5, 5.41) is 4.73. The second kappa shape index (κ2) is 7.57. The minimum Gasteiger partial charge on any atom is -0.497 e. The topological polar surface area (TPSA) is 67.9 Å². The largest absolute Gasteiger partial charge is 0.497 e.